The molecule has 7 heteroatoms. The summed E-state index contributed by atoms with van der Waals surface area (Å²) in [6, 6.07) is 7.67. The first-order chi connectivity index (χ1) is 11.9. The van der Waals surface area contributed by atoms with E-state index >= 15 is 0 Å². The molecule has 4 rings (SSSR count). The van der Waals surface area contributed by atoms with Crippen molar-refractivity contribution in [1.29, 1.82) is 0 Å². The van der Waals surface area contributed by atoms with E-state index < -0.39 is 9.84 Å². The van der Waals surface area contributed by atoms with Crippen LogP contribution in [-0.4, -0.2) is 41.7 Å². The number of sulfone groups is 1. The third-order valence-electron chi connectivity index (χ3n) is 4.93. The van der Waals surface area contributed by atoms with E-state index in [-0.39, 0.29) is 23.5 Å². The maximum atomic E-state index is 12.7. The maximum Gasteiger partial charge on any atom is 0.255 e. The zero-order chi connectivity index (χ0) is 17.6. The maximum absolute atomic E-state index is 12.7. The zero-order valence-electron chi connectivity index (χ0n) is 14.1. The molecular weight excluding hydrogens is 338 g/mol. The highest BCUT2D eigenvalue weighted by Gasteiger charge is 2.35. The van der Waals surface area contributed by atoms with Crippen LogP contribution in [0.4, 0.5) is 0 Å². The predicted molar refractivity (Wildman–Crippen MR) is 94.8 cm³/mol. The van der Waals surface area contributed by atoms with Crippen LogP contribution < -0.4 is 5.32 Å². The molecule has 2 aromatic rings. The second-order valence-electron chi connectivity index (χ2n) is 6.99. The SMILES string of the molecule is Cc1ccccc1-n1ncc(C(=O)NC2CCS(=O)(=O)C2)c1C1CC1. The molecule has 1 amide bonds. The number of hydrogen-bond acceptors (Lipinski definition) is 4. The van der Waals surface area contributed by atoms with Crippen LogP contribution in [0.5, 0.6) is 0 Å². The molecular formula is C18H21N3O3S. The van der Waals surface area contributed by atoms with E-state index in [1.165, 1.54) is 0 Å². The third-order valence-corrected chi connectivity index (χ3v) is 6.69. The van der Waals surface area contributed by atoms with E-state index in [0.717, 1.165) is 29.8 Å². The summed E-state index contributed by atoms with van der Waals surface area (Å²) in [4.78, 5) is 12.7. The number of carbonyl (C=O) groups is 1. The molecule has 2 heterocycles. The fourth-order valence-electron chi connectivity index (χ4n) is 3.45. The Morgan fingerprint density at radius 1 is 1.24 bits per heavy atom. The molecule has 1 saturated carbocycles. The van der Waals surface area contributed by atoms with Crippen LogP contribution in [-0.2, 0) is 9.84 Å². The Morgan fingerprint density at radius 2 is 2.00 bits per heavy atom. The highest BCUT2D eigenvalue weighted by Crippen LogP contribution is 2.42. The summed E-state index contributed by atoms with van der Waals surface area (Å²) in [7, 11) is -3.02. The average molecular weight is 359 g/mol. The molecule has 2 fully saturated rings. The molecule has 0 spiro atoms. The molecule has 1 unspecified atom stereocenters. The summed E-state index contributed by atoms with van der Waals surface area (Å²) in [5.41, 5.74) is 3.58. The van der Waals surface area contributed by atoms with Crippen LogP contribution in [0.15, 0.2) is 30.5 Å². The first kappa shape index (κ1) is 16.3. The van der Waals surface area contributed by atoms with Crippen LogP contribution in [0.1, 0.15) is 46.8 Å². The van der Waals surface area contributed by atoms with Gasteiger partial charge in [-0.3, -0.25) is 4.79 Å². The van der Waals surface area contributed by atoms with Crippen molar-refractivity contribution < 1.29 is 13.2 Å². The molecule has 1 aromatic carbocycles. The highest BCUT2D eigenvalue weighted by atomic mass is 32.2. The highest BCUT2D eigenvalue weighted by molar-refractivity contribution is 7.91. The number of nitrogens with one attached hydrogen (secondary N) is 1. The van der Waals surface area contributed by atoms with Crippen molar-refractivity contribution in [3.8, 4) is 5.69 Å². The quantitative estimate of drug-likeness (QED) is 0.905. The smallest absolute Gasteiger partial charge is 0.255 e. The first-order valence-electron chi connectivity index (χ1n) is 8.60. The van der Waals surface area contributed by atoms with Gasteiger partial charge in [-0.05, 0) is 37.8 Å². The van der Waals surface area contributed by atoms with E-state index in [9.17, 15) is 13.2 Å². The van der Waals surface area contributed by atoms with Gasteiger partial charge in [0.05, 0.1) is 34.6 Å². The van der Waals surface area contributed by atoms with Gasteiger partial charge in [0.25, 0.3) is 5.91 Å². The van der Waals surface area contributed by atoms with Gasteiger partial charge in [0.1, 0.15) is 0 Å². The summed E-state index contributed by atoms with van der Waals surface area (Å²) in [5, 5.41) is 7.35. The van der Waals surface area contributed by atoms with E-state index in [0.29, 0.717) is 17.9 Å². The van der Waals surface area contributed by atoms with Gasteiger partial charge in [0, 0.05) is 12.0 Å². The Hall–Kier alpha value is -2.15. The Morgan fingerprint density at radius 3 is 2.64 bits per heavy atom. The van der Waals surface area contributed by atoms with Crippen LogP contribution in [0.25, 0.3) is 5.69 Å². The number of nitrogens with zero attached hydrogens (tertiary/aromatic N) is 2. The van der Waals surface area contributed by atoms with Gasteiger partial charge in [-0.25, -0.2) is 13.1 Å². The zero-order valence-corrected chi connectivity index (χ0v) is 14.9. The van der Waals surface area contributed by atoms with Crippen LogP contribution >= 0.6 is 0 Å². The summed E-state index contributed by atoms with van der Waals surface area (Å²) in [5.74, 6) is 0.304. The van der Waals surface area contributed by atoms with Crippen LogP contribution in [0.2, 0.25) is 0 Å². The second kappa shape index (κ2) is 5.98. The normalized spacial score (nSPS) is 22.0. The number of amides is 1. The Kier molecular flexibility index (Phi) is 3.91. The molecule has 6 nitrogen and oxygen atoms in total. The lowest BCUT2D eigenvalue weighted by atomic mass is 10.1. The molecule has 25 heavy (non-hydrogen) atoms. The molecule has 2 aliphatic rings. The average Bonchev–Trinajstić information content (AvgIpc) is 3.21. The molecule has 1 N–H and O–H groups in total. The fraction of sp³-hybridized carbons (Fsp3) is 0.444. The van der Waals surface area contributed by atoms with E-state index in [1.54, 1.807) is 6.20 Å². The van der Waals surface area contributed by atoms with Crippen molar-refractivity contribution in [1.82, 2.24) is 15.1 Å². The third kappa shape index (κ3) is 3.20. The molecule has 0 radical (unpaired) electrons. The van der Waals surface area contributed by atoms with Gasteiger partial charge in [-0.1, -0.05) is 18.2 Å². The minimum Gasteiger partial charge on any atom is -0.348 e. The van der Waals surface area contributed by atoms with E-state index in [4.69, 9.17) is 0 Å². The number of aromatic nitrogens is 2. The van der Waals surface area contributed by atoms with Gasteiger partial charge in [-0.15, -0.1) is 0 Å². The first-order valence-corrected chi connectivity index (χ1v) is 10.4. The number of carbonyl (C=O) groups excluding carboxylic acids is 1. The lowest BCUT2D eigenvalue weighted by Crippen LogP contribution is -2.35. The largest absolute Gasteiger partial charge is 0.348 e. The van der Waals surface area contributed by atoms with Crippen molar-refractivity contribution >= 4 is 15.7 Å². The number of rotatable bonds is 4. The fourth-order valence-corrected chi connectivity index (χ4v) is 5.12. The Bertz CT molecular complexity index is 929. The number of para-hydroxylation sites is 1. The molecule has 1 aliphatic carbocycles. The summed E-state index contributed by atoms with van der Waals surface area (Å²) in [6.07, 6.45) is 4.20. The monoisotopic (exact) mass is 359 g/mol. The second-order valence-corrected chi connectivity index (χ2v) is 9.22. The van der Waals surface area contributed by atoms with Crippen LogP contribution in [0.3, 0.4) is 0 Å². The molecule has 1 atom stereocenters. The molecule has 1 aliphatic heterocycles. The minimum atomic E-state index is -3.02. The van der Waals surface area contributed by atoms with Crippen molar-refractivity contribution in [3.63, 3.8) is 0 Å². The molecule has 1 aromatic heterocycles. The Labute approximate surface area is 147 Å². The molecule has 0 bridgehead atoms. The van der Waals surface area contributed by atoms with Gasteiger partial charge < -0.3 is 5.32 Å². The lowest BCUT2D eigenvalue weighted by Gasteiger charge is -2.13. The molecule has 132 valence electrons. The Balaban J connectivity index is 1.64. The van der Waals surface area contributed by atoms with Gasteiger partial charge >= 0.3 is 0 Å². The number of aryl methyl sites for hydroxylation is 1. The number of benzene rings is 1. The van der Waals surface area contributed by atoms with Gasteiger partial charge in [0.15, 0.2) is 9.84 Å². The van der Waals surface area contributed by atoms with Gasteiger partial charge in [0.2, 0.25) is 0 Å². The standard InChI is InChI=1S/C18H21N3O3S/c1-12-4-2-3-5-16(12)21-17(13-6-7-13)15(10-19-21)18(22)20-14-8-9-25(23,24)11-14/h2-5,10,13-14H,6-9,11H2,1H3,(H,20,22). The van der Waals surface area contributed by atoms with Crippen molar-refractivity contribution in [2.75, 3.05) is 11.5 Å². The summed E-state index contributed by atoms with van der Waals surface area (Å²) >= 11 is 0. The van der Waals surface area contributed by atoms with Crippen molar-refractivity contribution in [3.05, 3.63) is 47.3 Å². The van der Waals surface area contributed by atoms with E-state index in [2.05, 4.69) is 10.4 Å². The van der Waals surface area contributed by atoms with Gasteiger partial charge in [-0.2, -0.15) is 5.10 Å². The summed E-state index contributed by atoms with van der Waals surface area (Å²) < 4.78 is 25.1. The van der Waals surface area contributed by atoms with Crippen molar-refractivity contribution in [2.45, 2.75) is 38.1 Å². The lowest BCUT2D eigenvalue weighted by molar-refractivity contribution is 0.0940. The van der Waals surface area contributed by atoms with Crippen molar-refractivity contribution in [2.24, 2.45) is 0 Å². The minimum absolute atomic E-state index is 0.0312. The number of hydrogen-bond donors (Lipinski definition) is 1. The van der Waals surface area contributed by atoms with E-state index in [1.807, 2.05) is 35.9 Å². The van der Waals surface area contributed by atoms with Crippen LogP contribution in [0, 0.1) is 6.92 Å². The summed E-state index contributed by atoms with van der Waals surface area (Å²) in [6.45, 7) is 2.02. The topological polar surface area (TPSA) is 81.1 Å². The predicted octanol–water partition coefficient (Wildman–Crippen LogP) is 1.98. The molecule has 1 saturated heterocycles.